The Morgan fingerprint density at radius 2 is 1.65 bits per heavy atom. The number of benzene rings is 1. The molecule has 0 aromatic heterocycles. The first-order valence-corrected chi connectivity index (χ1v) is 6.35. The predicted octanol–water partition coefficient (Wildman–Crippen LogP) is 2.51. The molecule has 0 bridgehead atoms. The average molecular weight is 346 g/mol. The van der Waals surface area contributed by atoms with E-state index in [0.717, 1.165) is 10.2 Å². The minimum Gasteiger partial charge on any atom is -0.495 e. The van der Waals surface area contributed by atoms with Gasteiger partial charge in [-0.15, -0.1) is 0 Å². The Balaban J connectivity index is 0.000000441. The summed E-state index contributed by atoms with van der Waals surface area (Å²) in [6.07, 6.45) is 0. The molecule has 0 saturated carbocycles. The van der Waals surface area contributed by atoms with Crippen LogP contribution in [0.25, 0.3) is 0 Å². The maximum atomic E-state index is 10.7. The fourth-order valence-corrected chi connectivity index (χ4v) is 1.55. The maximum Gasteiger partial charge on any atom is 0.310 e. The molecule has 0 radical (unpaired) electrons. The number of methoxy groups -OCH3 is 1. The van der Waals surface area contributed by atoms with Gasteiger partial charge in [0.1, 0.15) is 5.75 Å². The average Bonchev–Trinajstić information content (AvgIpc) is 2.30. The van der Waals surface area contributed by atoms with Gasteiger partial charge in [0.05, 0.1) is 11.6 Å². The highest BCUT2D eigenvalue weighted by molar-refractivity contribution is 9.10. The molecule has 6 nitrogen and oxygen atoms in total. The van der Waals surface area contributed by atoms with Crippen LogP contribution in [0.2, 0.25) is 0 Å². The number of carbonyl (C=O) groups is 3. The van der Waals surface area contributed by atoms with Crippen molar-refractivity contribution in [2.24, 2.45) is 0 Å². The largest absolute Gasteiger partial charge is 0.495 e. The first-order chi connectivity index (χ1) is 9.26. The van der Waals surface area contributed by atoms with Crippen molar-refractivity contribution < 1.29 is 23.9 Å². The Hall–Kier alpha value is -1.89. The number of halogens is 1. The molecule has 1 rings (SSSR count). The van der Waals surface area contributed by atoms with Crippen molar-refractivity contribution in [3.05, 3.63) is 22.7 Å². The van der Waals surface area contributed by atoms with Crippen molar-refractivity contribution >= 4 is 39.5 Å². The molecule has 0 aliphatic rings. The van der Waals surface area contributed by atoms with Crippen LogP contribution in [0.5, 0.6) is 5.75 Å². The molecule has 1 aromatic rings. The molecular formula is C13H16BrNO5. The topological polar surface area (TPSA) is 81.7 Å². The second-order valence-corrected chi connectivity index (χ2v) is 4.47. The lowest BCUT2D eigenvalue weighted by atomic mass is 10.3. The molecule has 0 heterocycles. The molecule has 0 aliphatic carbocycles. The molecule has 7 heteroatoms. The first kappa shape index (κ1) is 18.1. The molecule has 0 atom stereocenters. The SMILES string of the molecule is CC(=O)OC(C)=O.COc1cc(NC(C)=O)ccc1Br. The second-order valence-electron chi connectivity index (χ2n) is 3.62. The van der Waals surface area contributed by atoms with E-state index < -0.39 is 11.9 Å². The van der Waals surface area contributed by atoms with E-state index in [1.165, 1.54) is 20.8 Å². The van der Waals surface area contributed by atoms with Gasteiger partial charge in [-0.05, 0) is 28.1 Å². The fourth-order valence-electron chi connectivity index (χ4n) is 1.14. The van der Waals surface area contributed by atoms with Crippen molar-refractivity contribution in [3.8, 4) is 5.75 Å². The number of carbonyl (C=O) groups excluding carboxylic acids is 3. The number of anilines is 1. The van der Waals surface area contributed by atoms with Crippen molar-refractivity contribution in [1.82, 2.24) is 0 Å². The zero-order valence-electron chi connectivity index (χ0n) is 11.7. The Kier molecular flexibility index (Phi) is 8.23. The van der Waals surface area contributed by atoms with Crippen molar-refractivity contribution in [1.29, 1.82) is 0 Å². The maximum absolute atomic E-state index is 10.7. The summed E-state index contributed by atoms with van der Waals surface area (Å²) < 4.78 is 9.91. The van der Waals surface area contributed by atoms with E-state index in [1.807, 2.05) is 6.07 Å². The van der Waals surface area contributed by atoms with Crippen LogP contribution >= 0.6 is 15.9 Å². The number of amides is 1. The standard InChI is InChI=1S/C9H10BrNO2.C4H6O3/c1-6(12)11-7-3-4-8(10)9(5-7)13-2;1-3(5)7-4(2)6/h3-5H,1-2H3,(H,11,12);1-2H3. The summed E-state index contributed by atoms with van der Waals surface area (Å²) >= 11 is 3.32. The third-order valence-corrected chi connectivity index (χ3v) is 2.41. The quantitative estimate of drug-likeness (QED) is 0.657. The van der Waals surface area contributed by atoms with Gasteiger partial charge in [0.25, 0.3) is 0 Å². The van der Waals surface area contributed by atoms with Crippen LogP contribution in [0.1, 0.15) is 20.8 Å². The molecule has 0 aliphatic heterocycles. The summed E-state index contributed by atoms with van der Waals surface area (Å²) in [4.78, 5) is 30.4. The minimum absolute atomic E-state index is 0.0932. The lowest BCUT2D eigenvalue weighted by Gasteiger charge is -2.06. The first-order valence-electron chi connectivity index (χ1n) is 5.56. The summed E-state index contributed by atoms with van der Waals surface area (Å²) in [5.41, 5.74) is 0.729. The summed E-state index contributed by atoms with van der Waals surface area (Å²) in [5.74, 6) is -0.518. The van der Waals surface area contributed by atoms with Crippen LogP contribution in [0.15, 0.2) is 22.7 Å². The van der Waals surface area contributed by atoms with Crippen LogP contribution in [-0.2, 0) is 19.1 Å². The Morgan fingerprint density at radius 1 is 1.10 bits per heavy atom. The lowest BCUT2D eigenvalue weighted by Crippen LogP contribution is -2.05. The number of esters is 2. The van der Waals surface area contributed by atoms with Gasteiger partial charge >= 0.3 is 11.9 Å². The molecule has 0 saturated heterocycles. The van der Waals surface area contributed by atoms with E-state index in [4.69, 9.17) is 4.74 Å². The smallest absolute Gasteiger partial charge is 0.310 e. The Labute approximate surface area is 125 Å². The highest BCUT2D eigenvalue weighted by Crippen LogP contribution is 2.27. The number of rotatable bonds is 2. The van der Waals surface area contributed by atoms with Crippen molar-refractivity contribution in [2.45, 2.75) is 20.8 Å². The van der Waals surface area contributed by atoms with Gasteiger partial charge in [0, 0.05) is 32.5 Å². The second kappa shape index (κ2) is 9.08. The van der Waals surface area contributed by atoms with Crippen molar-refractivity contribution in [3.63, 3.8) is 0 Å². The summed E-state index contributed by atoms with van der Waals surface area (Å²) in [6, 6.07) is 5.38. The van der Waals surface area contributed by atoms with Crippen LogP contribution in [0, 0.1) is 0 Å². The number of ether oxygens (including phenoxy) is 2. The summed E-state index contributed by atoms with van der Waals surface area (Å²) in [6.45, 7) is 3.83. The molecule has 1 aromatic carbocycles. The number of hydrogen-bond acceptors (Lipinski definition) is 5. The van der Waals surface area contributed by atoms with Gasteiger partial charge in [-0.2, -0.15) is 0 Å². The van der Waals surface area contributed by atoms with Crippen LogP contribution < -0.4 is 10.1 Å². The van der Waals surface area contributed by atoms with Crippen LogP contribution in [0.3, 0.4) is 0 Å². The molecular weight excluding hydrogens is 330 g/mol. The van der Waals surface area contributed by atoms with Gasteiger partial charge < -0.3 is 14.8 Å². The van der Waals surface area contributed by atoms with E-state index in [2.05, 4.69) is 26.0 Å². The Bertz CT molecular complexity index is 490. The normalized spacial score (nSPS) is 8.85. The van der Waals surface area contributed by atoms with E-state index in [-0.39, 0.29) is 5.91 Å². The molecule has 110 valence electrons. The molecule has 1 amide bonds. The van der Waals surface area contributed by atoms with Gasteiger partial charge in [0.2, 0.25) is 5.91 Å². The highest BCUT2D eigenvalue weighted by atomic mass is 79.9. The third-order valence-electron chi connectivity index (χ3n) is 1.76. The Morgan fingerprint density at radius 3 is 2.00 bits per heavy atom. The van der Waals surface area contributed by atoms with E-state index >= 15 is 0 Å². The van der Waals surface area contributed by atoms with Gasteiger partial charge in [-0.1, -0.05) is 0 Å². The fraction of sp³-hybridized carbons (Fsp3) is 0.308. The molecule has 1 N–H and O–H groups in total. The monoisotopic (exact) mass is 345 g/mol. The van der Waals surface area contributed by atoms with Gasteiger partial charge in [-0.25, -0.2) is 0 Å². The molecule has 0 fully saturated rings. The van der Waals surface area contributed by atoms with E-state index in [1.54, 1.807) is 19.2 Å². The zero-order chi connectivity index (χ0) is 15.7. The molecule has 0 unspecified atom stereocenters. The zero-order valence-corrected chi connectivity index (χ0v) is 13.2. The number of hydrogen-bond donors (Lipinski definition) is 1. The van der Waals surface area contributed by atoms with Crippen LogP contribution in [0.4, 0.5) is 5.69 Å². The lowest BCUT2D eigenvalue weighted by molar-refractivity contribution is -0.156. The van der Waals surface area contributed by atoms with Crippen molar-refractivity contribution in [2.75, 3.05) is 12.4 Å². The molecule has 0 spiro atoms. The summed E-state index contributed by atoms with van der Waals surface area (Å²) in [5, 5.41) is 2.67. The summed E-state index contributed by atoms with van der Waals surface area (Å²) in [7, 11) is 1.58. The highest BCUT2D eigenvalue weighted by Gasteiger charge is 2.01. The van der Waals surface area contributed by atoms with E-state index in [9.17, 15) is 14.4 Å². The number of nitrogens with one attached hydrogen (secondary N) is 1. The third kappa shape index (κ3) is 8.25. The molecule has 20 heavy (non-hydrogen) atoms. The van der Waals surface area contributed by atoms with Gasteiger partial charge in [-0.3, -0.25) is 14.4 Å². The minimum atomic E-state index is -0.562. The van der Waals surface area contributed by atoms with Crippen LogP contribution in [-0.4, -0.2) is 25.0 Å². The van der Waals surface area contributed by atoms with E-state index in [0.29, 0.717) is 5.75 Å². The predicted molar refractivity (Wildman–Crippen MR) is 77.4 cm³/mol. The van der Waals surface area contributed by atoms with Gasteiger partial charge in [0.15, 0.2) is 0 Å².